The number of methoxy groups -OCH3 is 2. The van der Waals surface area contributed by atoms with Crippen molar-refractivity contribution in [2.75, 3.05) is 19.5 Å². The first-order chi connectivity index (χ1) is 10.6. The van der Waals surface area contributed by atoms with Gasteiger partial charge in [-0.15, -0.1) is 0 Å². The Labute approximate surface area is 131 Å². The molecule has 0 atom stereocenters. The van der Waals surface area contributed by atoms with Gasteiger partial charge in [-0.2, -0.15) is 0 Å². The lowest BCUT2D eigenvalue weighted by atomic mass is 10.0. The number of benzene rings is 2. The molecule has 0 radical (unpaired) electrons. The maximum atomic E-state index is 12.8. The number of hydrogen-bond donors (Lipinski definition) is 1. The Bertz CT molecular complexity index is 651. The monoisotopic (exact) mass is 299 g/mol. The zero-order valence-electron chi connectivity index (χ0n) is 13.3. The van der Waals surface area contributed by atoms with Crippen molar-refractivity contribution < 1.29 is 14.3 Å². The average molecular weight is 299 g/mol. The van der Waals surface area contributed by atoms with E-state index in [4.69, 9.17) is 9.47 Å². The molecule has 0 bridgehead atoms. The molecule has 0 fully saturated rings. The maximum absolute atomic E-state index is 12.8. The highest BCUT2D eigenvalue weighted by atomic mass is 16.5. The van der Waals surface area contributed by atoms with E-state index in [1.807, 2.05) is 32.0 Å². The number of nitrogens with one attached hydrogen (secondary N) is 1. The van der Waals surface area contributed by atoms with Crippen LogP contribution in [-0.2, 0) is 0 Å². The molecule has 4 heteroatoms. The van der Waals surface area contributed by atoms with Crippen LogP contribution < -0.4 is 14.8 Å². The molecule has 0 spiro atoms. The number of anilines is 1. The molecular weight excluding hydrogens is 278 g/mol. The van der Waals surface area contributed by atoms with E-state index in [1.54, 1.807) is 38.5 Å². The molecule has 0 amide bonds. The van der Waals surface area contributed by atoms with Crippen molar-refractivity contribution >= 4 is 11.5 Å². The van der Waals surface area contributed by atoms with Gasteiger partial charge in [-0.1, -0.05) is 30.3 Å². The summed E-state index contributed by atoms with van der Waals surface area (Å²) < 4.78 is 10.6. The molecule has 116 valence electrons. The second-order valence-corrected chi connectivity index (χ2v) is 5.25. The highest BCUT2D eigenvalue weighted by Crippen LogP contribution is 2.34. The van der Waals surface area contributed by atoms with E-state index in [0.717, 1.165) is 5.69 Å². The van der Waals surface area contributed by atoms with Crippen LogP contribution in [0.5, 0.6) is 11.5 Å². The van der Waals surface area contributed by atoms with Gasteiger partial charge in [0.15, 0.2) is 17.3 Å². The average Bonchev–Trinajstić information content (AvgIpc) is 2.54. The number of ketones is 1. The Morgan fingerprint density at radius 1 is 1.00 bits per heavy atom. The smallest absolute Gasteiger partial charge is 0.195 e. The topological polar surface area (TPSA) is 47.6 Å². The summed E-state index contributed by atoms with van der Waals surface area (Å²) in [6, 6.07) is 12.9. The Balaban J connectivity index is 2.54. The standard InChI is InChI=1S/C18H21NO3/c1-12(2)19-15-11-17(22-4)16(21-3)10-14(15)18(20)13-8-6-5-7-9-13/h5-12,19H,1-4H3. The summed E-state index contributed by atoms with van der Waals surface area (Å²) in [5.74, 6) is 1.08. The maximum Gasteiger partial charge on any atom is 0.195 e. The third-order valence-corrected chi connectivity index (χ3v) is 3.25. The van der Waals surface area contributed by atoms with E-state index in [2.05, 4.69) is 5.32 Å². The van der Waals surface area contributed by atoms with E-state index < -0.39 is 0 Å². The third-order valence-electron chi connectivity index (χ3n) is 3.25. The first-order valence-electron chi connectivity index (χ1n) is 7.19. The summed E-state index contributed by atoms with van der Waals surface area (Å²) in [7, 11) is 3.14. The molecule has 2 aromatic carbocycles. The predicted octanol–water partition coefficient (Wildman–Crippen LogP) is 3.76. The number of ether oxygens (including phenoxy) is 2. The van der Waals surface area contributed by atoms with Crippen LogP contribution in [0, 0.1) is 0 Å². The van der Waals surface area contributed by atoms with Gasteiger partial charge in [0.2, 0.25) is 0 Å². The quantitative estimate of drug-likeness (QED) is 0.825. The number of carbonyl (C=O) groups is 1. The summed E-state index contributed by atoms with van der Waals surface area (Å²) >= 11 is 0. The zero-order valence-corrected chi connectivity index (χ0v) is 13.3. The highest BCUT2D eigenvalue weighted by Gasteiger charge is 2.18. The molecule has 2 aromatic rings. The Morgan fingerprint density at radius 3 is 2.14 bits per heavy atom. The van der Waals surface area contributed by atoms with E-state index in [9.17, 15) is 4.79 Å². The molecule has 1 N–H and O–H groups in total. The molecule has 0 aliphatic rings. The van der Waals surface area contributed by atoms with E-state index >= 15 is 0 Å². The Hall–Kier alpha value is -2.49. The molecule has 22 heavy (non-hydrogen) atoms. The van der Waals surface area contributed by atoms with Gasteiger partial charge < -0.3 is 14.8 Å². The molecule has 0 heterocycles. The molecule has 0 saturated heterocycles. The second kappa shape index (κ2) is 6.98. The van der Waals surface area contributed by atoms with Gasteiger partial charge in [-0.3, -0.25) is 4.79 Å². The molecule has 0 saturated carbocycles. The van der Waals surface area contributed by atoms with Crippen LogP contribution in [0.1, 0.15) is 29.8 Å². The lowest BCUT2D eigenvalue weighted by Gasteiger charge is -2.17. The molecule has 0 aliphatic heterocycles. The van der Waals surface area contributed by atoms with Crippen LogP contribution in [0.3, 0.4) is 0 Å². The molecule has 0 aromatic heterocycles. The van der Waals surface area contributed by atoms with Gasteiger partial charge in [0.25, 0.3) is 0 Å². The summed E-state index contributed by atoms with van der Waals surface area (Å²) in [5.41, 5.74) is 1.94. The fourth-order valence-electron chi connectivity index (χ4n) is 2.24. The first kappa shape index (κ1) is 15.9. The van der Waals surface area contributed by atoms with E-state index in [0.29, 0.717) is 22.6 Å². The lowest BCUT2D eigenvalue weighted by Crippen LogP contribution is -2.14. The summed E-state index contributed by atoms with van der Waals surface area (Å²) in [6.07, 6.45) is 0. The summed E-state index contributed by atoms with van der Waals surface area (Å²) in [4.78, 5) is 12.8. The van der Waals surface area contributed by atoms with Crippen molar-refractivity contribution in [1.29, 1.82) is 0 Å². The van der Waals surface area contributed by atoms with Crippen LogP contribution >= 0.6 is 0 Å². The van der Waals surface area contributed by atoms with Crippen molar-refractivity contribution in [1.82, 2.24) is 0 Å². The SMILES string of the molecule is COc1cc(NC(C)C)c(C(=O)c2ccccc2)cc1OC. The third kappa shape index (κ3) is 3.39. The Kier molecular flexibility index (Phi) is 5.04. The fraction of sp³-hybridized carbons (Fsp3) is 0.278. The fourth-order valence-corrected chi connectivity index (χ4v) is 2.24. The number of hydrogen-bond acceptors (Lipinski definition) is 4. The van der Waals surface area contributed by atoms with Crippen molar-refractivity contribution in [3.63, 3.8) is 0 Å². The minimum Gasteiger partial charge on any atom is -0.493 e. The highest BCUT2D eigenvalue weighted by molar-refractivity contribution is 6.12. The normalized spacial score (nSPS) is 10.4. The zero-order chi connectivity index (χ0) is 16.1. The largest absolute Gasteiger partial charge is 0.493 e. The van der Waals surface area contributed by atoms with Gasteiger partial charge in [-0.25, -0.2) is 0 Å². The van der Waals surface area contributed by atoms with Crippen LogP contribution in [0.2, 0.25) is 0 Å². The molecule has 0 unspecified atom stereocenters. The minimum atomic E-state index is -0.0512. The van der Waals surface area contributed by atoms with Crippen molar-refractivity contribution in [3.8, 4) is 11.5 Å². The van der Waals surface area contributed by atoms with Gasteiger partial charge in [0.05, 0.1) is 14.2 Å². The van der Waals surface area contributed by atoms with Gasteiger partial charge in [-0.05, 0) is 19.9 Å². The van der Waals surface area contributed by atoms with E-state index in [1.165, 1.54) is 0 Å². The summed E-state index contributed by atoms with van der Waals surface area (Å²) in [6.45, 7) is 4.04. The van der Waals surface area contributed by atoms with Crippen molar-refractivity contribution in [2.24, 2.45) is 0 Å². The Morgan fingerprint density at radius 2 is 1.59 bits per heavy atom. The summed E-state index contributed by atoms with van der Waals surface area (Å²) in [5, 5.41) is 3.29. The molecular formula is C18H21NO3. The second-order valence-electron chi connectivity index (χ2n) is 5.25. The van der Waals surface area contributed by atoms with Crippen molar-refractivity contribution in [3.05, 3.63) is 53.6 Å². The first-order valence-corrected chi connectivity index (χ1v) is 7.19. The molecule has 2 rings (SSSR count). The molecule has 4 nitrogen and oxygen atoms in total. The van der Waals surface area contributed by atoms with Gasteiger partial charge in [0, 0.05) is 28.9 Å². The minimum absolute atomic E-state index is 0.0512. The van der Waals surface area contributed by atoms with Crippen LogP contribution in [0.25, 0.3) is 0 Å². The molecule has 0 aliphatic carbocycles. The van der Waals surface area contributed by atoms with Crippen LogP contribution in [-0.4, -0.2) is 26.0 Å². The van der Waals surface area contributed by atoms with Crippen LogP contribution in [0.4, 0.5) is 5.69 Å². The number of rotatable bonds is 6. The lowest BCUT2D eigenvalue weighted by molar-refractivity contribution is 0.103. The predicted molar refractivity (Wildman–Crippen MR) is 88.2 cm³/mol. The van der Waals surface area contributed by atoms with Gasteiger partial charge >= 0.3 is 0 Å². The van der Waals surface area contributed by atoms with E-state index in [-0.39, 0.29) is 11.8 Å². The van der Waals surface area contributed by atoms with Crippen molar-refractivity contribution in [2.45, 2.75) is 19.9 Å². The van der Waals surface area contributed by atoms with Gasteiger partial charge in [0.1, 0.15) is 0 Å². The number of carbonyl (C=O) groups excluding carboxylic acids is 1. The van der Waals surface area contributed by atoms with Crippen LogP contribution in [0.15, 0.2) is 42.5 Å².